The Hall–Kier alpha value is -3.89. The molecule has 0 spiro atoms. The van der Waals surface area contributed by atoms with Crippen LogP contribution in [0.3, 0.4) is 0 Å². The number of nitrogens with zero attached hydrogens (tertiary/aromatic N) is 1. The number of sulfonamides is 1. The highest BCUT2D eigenvalue weighted by molar-refractivity contribution is 7.89. The van der Waals surface area contributed by atoms with Crippen LogP contribution in [0, 0.1) is 5.41 Å². The van der Waals surface area contributed by atoms with Crippen LogP contribution in [0.4, 0.5) is 0 Å². The maximum absolute atomic E-state index is 11.7. The van der Waals surface area contributed by atoms with Crippen LogP contribution in [0.25, 0.3) is 33.5 Å². The quantitative estimate of drug-likeness (QED) is 0.216. The third-order valence-electron chi connectivity index (χ3n) is 4.67. The van der Waals surface area contributed by atoms with Crippen LogP contribution < -0.4 is 10.9 Å². The maximum Gasteiger partial charge on any atom is 0.238 e. The van der Waals surface area contributed by atoms with Crippen LogP contribution in [0.5, 0.6) is 11.5 Å². The molecule has 0 aliphatic rings. The fourth-order valence-corrected chi connectivity index (χ4v) is 3.70. The fourth-order valence-electron chi connectivity index (χ4n) is 3.16. The van der Waals surface area contributed by atoms with Crippen molar-refractivity contribution >= 4 is 26.9 Å². The number of fused-ring (bicyclic) bond motifs is 1. The first-order chi connectivity index (χ1) is 14.1. The number of phenolic OH excluding ortho intramolecular Hbond substituents is 2. The lowest BCUT2D eigenvalue weighted by atomic mass is 10.00. The van der Waals surface area contributed by atoms with Crippen molar-refractivity contribution in [3.8, 4) is 34.0 Å². The zero-order valence-corrected chi connectivity index (χ0v) is 16.2. The van der Waals surface area contributed by atoms with E-state index >= 15 is 0 Å². The van der Waals surface area contributed by atoms with Gasteiger partial charge in [0.05, 0.1) is 21.5 Å². The first-order valence-electron chi connectivity index (χ1n) is 8.68. The van der Waals surface area contributed by atoms with Gasteiger partial charge in [-0.15, -0.1) is 0 Å². The Bertz CT molecular complexity index is 1430. The normalized spacial score (nSPS) is 11.6. The molecule has 0 radical (unpaired) electrons. The molecule has 0 bridgehead atoms. The Morgan fingerprint density at radius 3 is 2.43 bits per heavy atom. The van der Waals surface area contributed by atoms with Crippen molar-refractivity contribution in [3.63, 3.8) is 0 Å². The van der Waals surface area contributed by atoms with Gasteiger partial charge in [0.25, 0.3) is 0 Å². The minimum atomic E-state index is -3.99. The molecule has 30 heavy (non-hydrogen) atoms. The van der Waals surface area contributed by atoms with E-state index in [-0.39, 0.29) is 33.4 Å². The van der Waals surface area contributed by atoms with E-state index in [1.165, 1.54) is 24.3 Å². The number of H-pyrrole nitrogens is 1. The number of primary sulfonamides is 1. The Balaban J connectivity index is 1.87. The van der Waals surface area contributed by atoms with Gasteiger partial charge in [-0.2, -0.15) is 0 Å². The molecule has 152 valence electrons. The summed E-state index contributed by atoms with van der Waals surface area (Å²) in [6.07, 6.45) is 0. The monoisotopic (exact) mass is 423 g/mol. The molecule has 4 rings (SSSR count). The van der Waals surface area contributed by atoms with Gasteiger partial charge in [-0.25, -0.2) is 18.5 Å². The van der Waals surface area contributed by atoms with Gasteiger partial charge in [-0.05, 0) is 42.5 Å². The number of amidine groups is 1. The Morgan fingerprint density at radius 1 is 1.00 bits per heavy atom. The summed E-state index contributed by atoms with van der Waals surface area (Å²) in [5.74, 6) is -0.147. The molecule has 0 atom stereocenters. The topological polar surface area (TPSA) is 179 Å². The number of aromatic nitrogens is 2. The van der Waals surface area contributed by atoms with Gasteiger partial charge in [-0.1, -0.05) is 12.1 Å². The van der Waals surface area contributed by atoms with Crippen molar-refractivity contribution in [2.45, 2.75) is 4.90 Å². The highest BCUT2D eigenvalue weighted by Crippen LogP contribution is 2.41. The van der Waals surface area contributed by atoms with Crippen LogP contribution in [0.2, 0.25) is 0 Å². The SMILES string of the molecule is N=C(N)c1ccc2nc(-c3cccc(-c4cc(S(N)(=O)=O)ccc4O)c3O)[nH]c2c1. The van der Waals surface area contributed by atoms with Gasteiger partial charge in [0, 0.05) is 16.7 Å². The summed E-state index contributed by atoms with van der Waals surface area (Å²) in [4.78, 5) is 7.33. The average molecular weight is 423 g/mol. The van der Waals surface area contributed by atoms with E-state index < -0.39 is 10.0 Å². The number of aromatic amines is 1. The molecular weight excluding hydrogens is 406 g/mol. The first kappa shape index (κ1) is 19.4. The summed E-state index contributed by atoms with van der Waals surface area (Å²) in [5.41, 5.74) is 7.94. The lowest BCUT2D eigenvalue weighted by Crippen LogP contribution is -2.12. The molecule has 1 aromatic heterocycles. The molecule has 0 fully saturated rings. The van der Waals surface area contributed by atoms with Crippen LogP contribution in [-0.4, -0.2) is 34.4 Å². The number of hydrogen-bond donors (Lipinski definition) is 6. The van der Waals surface area contributed by atoms with Crippen molar-refractivity contribution in [1.82, 2.24) is 9.97 Å². The number of rotatable bonds is 4. The summed E-state index contributed by atoms with van der Waals surface area (Å²) in [6.45, 7) is 0. The van der Waals surface area contributed by atoms with Crippen molar-refractivity contribution in [3.05, 3.63) is 60.2 Å². The van der Waals surface area contributed by atoms with E-state index in [0.717, 1.165) is 0 Å². The van der Waals surface area contributed by atoms with Crippen LogP contribution in [-0.2, 0) is 10.0 Å². The number of para-hydroxylation sites is 1. The lowest BCUT2D eigenvalue weighted by molar-refractivity contribution is 0.469. The van der Waals surface area contributed by atoms with Gasteiger partial charge in [0.1, 0.15) is 23.2 Å². The smallest absolute Gasteiger partial charge is 0.238 e. The van der Waals surface area contributed by atoms with Crippen LogP contribution in [0.1, 0.15) is 5.56 Å². The summed E-state index contributed by atoms with van der Waals surface area (Å²) >= 11 is 0. The third kappa shape index (κ3) is 3.34. The molecular formula is C20H17N5O4S. The average Bonchev–Trinajstić information content (AvgIpc) is 3.11. The van der Waals surface area contributed by atoms with Crippen LogP contribution in [0.15, 0.2) is 59.5 Å². The van der Waals surface area contributed by atoms with E-state index in [2.05, 4.69) is 9.97 Å². The lowest BCUT2D eigenvalue weighted by Gasteiger charge is -2.11. The standard InChI is InChI=1S/C20H17N5O4S/c21-19(22)10-4-6-15-16(8-10)25-20(24-15)13-3-1-2-12(18(13)27)14-9-11(30(23,28)29)5-7-17(14)26/h1-9,26-27H,(H3,21,22)(H,24,25)(H2,23,28,29). The van der Waals surface area contributed by atoms with Crippen molar-refractivity contribution in [2.75, 3.05) is 0 Å². The highest BCUT2D eigenvalue weighted by atomic mass is 32.2. The van der Waals surface area contributed by atoms with Gasteiger partial charge < -0.3 is 20.9 Å². The van der Waals surface area contributed by atoms with Crippen molar-refractivity contribution < 1.29 is 18.6 Å². The van der Waals surface area contributed by atoms with Crippen LogP contribution >= 0.6 is 0 Å². The van der Waals surface area contributed by atoms with Gasteiger partial charge >= 0.3 is 0 Å². The number of nitrogens with one attached hydrogen (secondary N) is 2. The zero-order valence-electron chi connectivity index (χ0n) is 15.4. The number of nitrogens with two attached hydrogens (primary N) is 2. The number of phenols is 2. The number of benzene rings is 3. The Kier molecular flexibility index (Phi) is 4.45. The number of aromatic hydroxyl groups is 2. The predicted octanol–water partition coefficient (Wildman–Crippen LogP) is 2.24. The molecule has 0 amide bonds. The molecule has 4 aromatic rings. The van der Waals surface area contributed by atoms with Crippen molar-refractivity contribution in [1.29, 1.82) is 5.41 Å². The molecule has 10 heteroatoms. The van der Waals surface area contributed by atoms with E-state index in [1.807, 2.05) is 0 Å². The van der Waals surface area contributed by atoms with E-state index in [0.29, 0.717) is 28.0 Å². The Morgan fingerprint density at radius 2 is 1.73 bits per heavy atom. The number of hydrogen-bond acceptors (Lipinski definition) is 6. The summed E-state index contributed by atoms with van der Waals surface area (Å²) < 4.78 is 23.3. The second kappa shape index (κ2) is 6.87. The first-order valence-corrected chi connectivity index (χ1v) is 10.2. The summed E-state index contributed by atoms with van der Waals surface area (Å²) in [5, 5.41) is 33.8. The Labute approximate surface area is 171 Å². The van der Waals surface area contributed by atoms with E-state index in [9.17, 15) is 18.6 Å². The number of imidazole rings is 1. The second-order valence-electron chi connectivity index (χ2n) is 6.66. The van der Waals surface area contributed by atoms with E-state index in [1.54, 1.807) is 30.3 Å². The molecule has 9 nitrogen and oxygen atoms in total. The molecule has 8 N–H and O–H groups in total. The molecule has 0 aliphatic carbocycles. The minimum absolute atomic E-state index is 0.0805. The molecule has 0 saturated heterocycles. The summed E-state index contributed by atoms with van der Waals surface area (Å²) in [6, 6.07) is 13.4. The molecule has 1 heterocycles. The molecule has 0 unspecified atom stereocenters. The maximum atomic E-state index is 11.7. The van der Waals surface area contributed by atoms with Gasteiger partial charge in [0.15, 0.2) is 0 Å². The highest BCUT2D eigenvalue weighted by Gasteiger charge is 2.18. The molecule has 0 aliphatic heterocycles. The second-order valence-corrected chi connectivity index (χ2v) is 8.22. The summed E-state index contributed by atoms with van der Waals surface area (Å²) in [7, 11) is -3.99. The van der Waals surface area contributed by atoms with Crippen molar-refractivity contribution in [2.24, 2.45) is 10.9 Å². The molecule has 3 aromatic carbocycles. The fraction of sp³-hybridized carbons (Fsp3) is 0. The largest absolute Gasteiger partial charge is 0.507 e. The minimum Gasteiger partial charge on any atom is -0.507 e. The zero-order chi connectivity index (χ0) is 21.6. The third-order valence-corrected chi connectivity index (χ3v) is 5.58. The number of nitrogen functional groups attached to an aromatic ring is 1. The van der Waals surface area contributed by atoms with Gasteiger partial charge in [0.2, 0.25) is 10.0 Å². The molecule has 0 saturated carbocycles. The van der Waals surface area contributed by atoms with E-state index in [4.69, 9.17) is 16.3 Å². The van der Waals surface area contributed by atoms with Gasteiger partial charge in [-0.3, -0.25) is 5.41 Å². The predicted molar refractivity (Wildman–Crippen MR) is 113 cm³/mol.